The maximum absolute atomic E-state index is 13.2. The standard InChI is InChI=1S/C20H24F2N4O/c21-17(22)14-6-7-16-15(8-14)19(26-10-20(9-23,11-26)12-27)25-18(24-16)13-4-2-1-3-5-13/h1-2,6-8,13,17,27H,3-5,9-12,23H2. The highest BCUT2D eigenvalue weighted by Crippen LogP contribution is 2.38. The van der Waals surface area contributed by atoms with Gasteiger partial charge in [-0.05, 0) is 31.4 Å². The van der Waals surface area contributed by atoms with Gasteiger partial charge in [0, 0.05) is 41.9 Å². The van der Waals surface area contributed by atoms with Gasteiger partial charge in [0.1, 0.15) is 11.6 Å². The number of alkyl halides is 2. The van der Waals surface area contributed by atoms with Gasteiger partial charge in [-0.3, -0.25) is 0 Å². The summed E-state index contributed by atoms with van der Waals surface area (Å²) in [5.41, 5.74) is 6.12. The third-order valence-electron chi connectivity index (χ3n) is 5.72. The molecule has 0 spiro atoms. The SMILES string of the molecule is NCC1(CO)CN(c2nc(C3CC=CCC3)nc3ccc(C(F)F)cc23)C1. The molecule has 1 fully saturated rings. The van der Waals surface area contributed by atoms with Crippen LogP contribution in [0.4, 0.5) is 14.6 Å². The molecular weight excluding hydrogens is 350 g/mol. The van der Waals surface area contributed by atoms with Crippen molar-refractivity contribution in [2.75, 3.05) is 31.1 Å². The first kappa shape index (κ1) is 18.3. The summed E-state index contributed by atoms with van der Waals surface area (Å²) in [5, 5.41) is 10.3. The Kier molecular flexibility index (Phi) is 4.82. The highest BCUT2D eigenvalue weighted by molar-refractivity contribution is 5.90. The van der Waals surface area contributed by atoms with E-state index >= 15 is 0 Å². The second kappa shape index (κ2) is 7.13. The minimum atomic E-state index is -2.54. The summed E-state index contributed by atoms with van der Waals surface area (Å²) < 4.78 is 26.4. The molecule has 144 valence electrons. The third kappa shape index (κ3) is 3.30. The number of benzene rings is 1. The van der Waals surface area contributed by atoms with Gasteiger partial charge in [-0.2, -0.15) is 0 Å². The molecule has 2 aromatic rings. The summed E-state index contributed by atoms with van der Waals surface area (Å²) in [7, 11) is 0. The summed E-state index contributed by atoms with van der Waals surface area (Å²) in [6.07, 6.45) is 4.65. The van der Waals surface area contributed by atoms with Gasteiger partial charge in [0.2, 0.25) is 0 Å². The van der Waals surface area contributed by atoms with E-state index in [0.717, 1.165) is 25.1 Å². The number of allylic oxidation sites excluding steroid dienone is 2. The molecule has 1 aromatic carbocycles. The fourth-order valence-corrected chi connectivity index (χ4v) is 3.94. The van der Waals surface area contributed by atoms with Crippen molar-refractivity contribution in [2.24, 2.45) is 11.1 Å². The first-order chi connectivity index (χ1) is 13.0. The number of nitrogens with two attached hydrogens (primary N) is 1. The summed E-state index contributed by atoms with van der Waals surface area (Å²) >= 11 is 0. The normalized spacial score (nSPS) is 21.7. The van der Waals surface area contributed by atoms with Crippen LogP contribution in [0.25, 0.3) is 10.9 Å². The van der Waals surface area contributed by atoms with Crippen LogP contribution in [0, 0.1) is 5.41 Å². The molecule has 27 heavy (non-hydrogen) atoms. The summed E-state index contributed by atoms with van der Waals surface area (Å²) in [5.74, 6) is 1.68. The van der Waals surface area contributed by atoms with Crippen LogP contribution in [0.5, 0.6) is 0 Å². The lowest BCUT2D eigenvalue weighted by Crippen LogP contribution is -2.62. The van der Waals surface area contributed by atoms with Crippen molar-refractivity contribution in [3.63, 3.8) is 0 Å². The molecule has 1 saturated heterocycles. The maximum Gasteiger partial charge on any atom is 0.263 e. The number of halogens is 2. The molecule has 1 unspecified atom stereocenters. The zero-order valence-corrected chi connectivity index (χ0v) is 15.1. The number of aliphatic hydroxyl groups is 1. The Bertz CT molecular complexity index is 858. The minimum Gasteiger partial charge on any atom is -0.396 e. The first-order valence-corrected chi connectivity index (χ1v) is 9.36. The second-order valence-electron chi connectivity index (χ2n) is 7.68. The van der Waals surface area contributed by atoms with E-state index in [1.165, 1.54) is 12.1 Å². The number of aromatic nitrogens is 2. The van der Waals surface area contributed by atoms with E-state index in [-0.39, 0.29) is 23.5 Å². The Hall–Kier alpha value is -2.12. The number of aliphatic hydroxyl groups excluding tert-OH is 1. The number of rotatable bonds is 5. The number of nitrogens with zero attached hydrogens (tertiary/aromatic N) is 3. The predicted molar refractivity (Wildman–Crippen MR) is 101 cm³/mol. The molecule has 3 N–H and O–H groups in total. The van der Waals surface area contributed by atoms with Crippen molar-refractivity contribution in [2.45, 2.75) is 31.6 Å². The van der Waals surface area contributed by atoms with Gasteiger partial charge in [-0.1, -0.05) is 18.2 Å². The van der Waals surface area contributed by atoms with Gasteiger partial charge in [0.15, 0.2) is 0 Å². The topological polar surface area (TPSA) is 75.3 Å². The van der Waals surface area contributed by atoms with Gasteiger partial charge in [-0.25, -0.2) is 18.7 Å². The molecule has 7 heteroatoms. The van der Waals surface area contributed by atoms with Gasteiger partial charge in [-0.15, -0.1) is 0 Å². The van der Waals surface area contributed by atoms with Crippen molar-refractivity contribution in [3.8, 4) is 0 Å². The van der Waals surface area contributed by atoms with Gasteiger partial charge in [0.05, 0.1) is 12.1 Å². The van der Waals surface area contributed by atoms with Crippen LogP contribution in [0.2, 0.25) is 0 Å². The van der Waals surface area contributed by atoms with E-state index in [1.807, 2.05) is 4.90 Å². The van der Waals surface area contributed by atoms with Crippen molar-refractivity contribution in [3.05, 3.63) is 41.7 Å². The molecule has 1 aliphatic heterocycles. The zero-order chi connectivity index (χ0) is 19.0. The quantitative estimate of drug-likeness (QED) is 0.787. The average molecular weight is 374 g/mol. The lowest BCUT2D eigenvalue weighted by molar-refractivity contribution is 0.100. The smallest absolute Gasteiger partial charge is 0.263 e. The Labute approximate surface area is 156 Å². The van der Waals surface area contributed by atoms with Crippen molar-refractivity contribution in [1.82, 2.24) is 9.97 Å². The fraction of sp³-hybridized carbons (Fsp3) is 0.500. The average Bonchev–Trinajstić information content (AvgIpc) is 2.68. The van der Waals surface area contributed by atoms with Gasteiger partial charge in [0.25, 0.3) is 6.43 Å². The van der Waals surface area contributed by atoms with E-state index in [9.17, 15) is 13.9 Å². The maximum atomic E-state index is 13.2. The number of hydrogen-bond donors (Lipinski definition) is 2. The van der Waals surface area contributed by atoms with Crippen molar-refractivity contribution < 1.29 is 13.9 Å². The van der Waals surface area contributed by atoms with E-state index in [4.69, 9.17) is 10.7 Å². The van der Waals surface area contributed by atoms with Crippen molar-refractivity contribution >= 4 is 16.7 Å². The van der Waals surface area contributed by atoms with E-state index in [1.54, 1.807) is 6.07 Å². The molecule has 2 aliphatic rings. The monoisotopic (exact) mass is 374 g/mol. The fourth-order valence-electron chi connectivity index (χ4n) is 3.94. The lowest BCUT2D eigenvalue weighted by Gasteiger charge is -2.49. The highest BCUT2D eigenvalue weighted by atomic mass is 19.3. The van der Waals surface area contributed by atoms with Crippen LogP contribution in [0.1, 0.15) is 43.0 Å². The molecule has 4 rings (SSSR count). The van der Waals surface area contributed by atoms with Crippen LogP contribution in [-0.4, -0.2) is 41.3 Å². The largest absolute Gasteiger partial charge is 0.396 e. The van der Waals surface area contributed by atoms with Gasteiger partial charge >= 0.3 is 0 Å². The Morgan fingerprint density at radius 2 is 2.07 bits per heavy atom. The summed E-state index contributed by atoms with van der Waals surface area (Å²) in [4.78, 5) is 11.5. The van der Waals surface area contributed by atoms with Crippen LogP contribution in [0.15, 0.2) is 30.4 Å². The molecule has 2 heterocycles. The van der Waals surface area contributed by atoms with Crippen LogP contribution >= 0.6 is 0 Å². The van der Waals surface area contributed by atoms with Crippen LogP contribution in [-0.2, 0) is 0 Å². The molecular formula is C20H24F2N4O. The number of hydrogen-bond acceptors (Lipinski definition) is 5. The molecule has 5 nitrogen and oxygen atoms in total. The van der Waals surface area contributed by atoms with Gasteiger partial charge < -0.3 is 15.7 Å². The van der Waals surface area contributed by atoms with Crippen molar-refractivity contribution in [1.29, 1.82) is 0 Å². The molecule has 0 saturated carbocycles. The Balaban J connectivity index is 1.77. The lowest BCUT2D eigenvalue weighted by atomic mass is 9.80. The Morgan fingerprint density at radius 1 is 1.26 bits per heavy atom. The molecule has 0 amide bonds. The molecule has 1 aromatic heterocycles. The summed E-state index contributed by atoms with van der Waals surface area (Å²) in [6.45, 7) is 1.52. The van der Waals surface area contributed by atoms with E-state index in [2.05, 4.69) is 17.1 Å². The molecule has 1 aliphatic carbocycles. The van der Waals surface area contributed by atoms with Crippen LogP contribution in [0.3, 0.4) is 0 Å². The number of fused-ring (bicyclic) bond motifs is 1. The molecule has 0 radical (unpaired) electrons. The molecule has 0 bridgehead atoms. The third-order valence-corrected chi connectivity index (χ3v) is 5.72. The minimum absolute atomic E-state index is 0.00553. The zero-order valence-electron chi connectivity index (χ0n) is 15.1. The number of anilines is 1. The highest BCUT2D eigenvalue weighted by Gasteiger charge is 2.43. The second-order valence-corrected chi connectivity index (χ2v) is 7.68. The van der Waals surface area contributed by atoms with E-state index < -0.39 is 6.43 Å². The predicted octanol–water partition coefficient (Wildman–Crippen LogP) is 3.15. The van der Waals surface area contributed by atoms with Crippen LogP contribution < -0.4 is 10.6 Å². The Morgan fingerprint density at radius 3 is 2.70 bits per heavy atom. The van der Waals surface area contributed by atoms with E-state index in [0.29, 0.717) is 36.4 Å². The summed E-state index contributed by atoms with van der Waals surface area (Å²) in [6, 6.07) is 4.58. The first-order valence-electron chi connectivity index (χ1n) is 9.36. The molecule has 1 atom stereocenters.